The van der Waals surface area contributed by atoms with Gasteiger partial charge in [-0.2, -0.15) is 0 Å². The summed E-state index contributed by atoms with van der Waals surface area (Å²) in [5, 5.41) is 9.09. The predicted octanol–water partition coefficient (Wildman–Crippen LogP) is 2.22. The SMILES string of the molecule is CC1CCOC1c1nc2ccccc2n1CC(=O)O. The fraction of sp³-hybridized carbons (Fsp3) is 0.429. The van der Waals surface area contributed by atoms with Crippen molar-refractivity contribution in [2.75, 3.05) is 6.61 Å². The van der Waals surface area contributed by atoms with Gasteiger partial charge in [-0.15, -0.1) is 0 Å². The van der Waals surface area contributed by atoms with Crippen molar-refractivity contribution in [2.45, 2.75) is 26.0 Å². The van der Waals surface area contributed by atoms with E-state index in [1.54, 1.807) is 4.57 Å². The molecule has 2 aromatic rings. The number of benzene rings is 1. The molecular weight excluding hydrogens is 244 g/mol. The average molecular weight is 260 g/mol. The van der Waals surface area contributed by atoms with E-state index in [0.717, 1.165) is 23.3 Å². The number of hydrogen-bond acceptors (Lipinski definition) is 3. The highest BCUT2D eigenvalue weighted by molar-refractivity contribution is 5.78. The molecule has 1 N–H and O–H groups in total. The highest BCUT2D eigenvalue weighted by Gasteiger charge is 2.31. The van der Waals surface area contributed by atoms with E-state index in [2.05, 4.69) is 11.9 Å². The third-order valence-corrected chi connectivity index (χ3v) is 3.62. The minimum atomic E-state index is -0.866. The molecule has 0 amide bonds. The Hall–Kier alpha value is -1.88. The molecule has 100 valence electrons. The van der Waals surface area contributed by atoms with E-state index >= 15 is 0 Å². The molecule has 2 atom stereocenters. The van der Waals surface area contributed by atoms with Crippen LogP contribution in [-0.4, -0.2) is 27.2 Å². The van der Waals surface area contributed by atoms with E-state index in [-0.39, 0.29) is 12.6 Å². The van der Waals surface area contributed by atoms with Crippen LogP contribution in [0, 0.1) is 5.92 Å². The van der Waals surface area contributed by atoms with Crippen molar-refractivity contribution >= 4 is 17.0 Å². The molecule has 2 heterocycles. The summed E-state index contributed by atoms with van der Waals surface area (Å²) in [6, 6.07) is 7.60. The van der Waals surface area contributed by atoms with Crippen LogP contribution in [0.15, 0.2) is 24.3 Å². The minimum Gasteiger partial charge on any atom is -0.480 e. The maximum Gasteiger partial charge on any atom is 0.323 e. The molecule has 3 rings (SSSR count). The molecule has 19 heavy (non-hydrogen) atoms. The first kappa shape index (κ1) is 12.2. The van der Waals surface area contributed by atoms with E-state index < -0.39 is 5.97 Å². The summed E-state index contributed by atoms with van der Waals surface area (Å²) in [7, 11) is 0. The number of nitrogens with zero attached hydrogens (tertiary/aromatic N) is 2. The van der Waals surface area contributed by atoms with Crippen molar-refractivity contribution in [3.05, 3.63) is 30.1 Å². The van der Waals surface area contributed by atoms with Crippen molar-refractivity contribution in [3.63, 3.8) is 0 Å². The van der Waals surface area contributed by atoms with Gasteiger partial charge in [0.05, 0.1) is 11.0 Å². The molecule has 1 saturated heterocycles. The molecule has 1 aromatic carbocycles. The van der Waals surface area contributed by atoms with Crippen molar-refractivity contribution in [1.82, 2.24) is 9.55 Å². The van der Waals surface area contributed by atoms with Gasteiger partial charge in [0.2, 0.25) is 0 Å². The van der Waals surface area contributed by atoms with Crippen LogP contribution in [0.5, 0.6) is 0 Å². The maximum absolute atomic E-state index is 11.1. The third-order valence-electron chi connectivity index (χ3n) is 3.62. The van der Waals surface area contributed by atoms with Gasteiger partial charge in [-0.3, -0.25) is 4.79 Å². The average Bonchev–Trinajstić information content (AvgIpc) is 2.93. The van der Waals surface area contributed by atoms with Crippen molar-refractivity contribution in [3.8, 4) is 0 Å². The second kappa shape index (κ2) is 4.66. The van der Waals surface area contributed by atoms with Crippen LogP contribution in [-0.2, 0) is 16.1 Å². The standard InChI is InChI=1S/C14H16N2O3/c1-9-6-7-19-13(9)14-15-10-4-2-3-5-11(10)16(14)8-12(17)18/h2-5,9,13H,6-8H2,1H3,(H,17,18). The molecule has 5 nitrogen and oxygen atoms in total. The molecule has 1 fully saturated rings. The van der Waals surface area contributed by atoms with Gasteiger partial charge in [-0.1, -0.05) is 19.1 Å². The number of hydrogen-bond donors (Lipinski definition) is 1. The monoisotopic (exact) mass is 260 g/mol. The molecule has 0 spiro atoms. The van der Waals surface area contributed by atoms with E-state index in [9.17, 15) is 4.79 Å². The summed E-state index contributed by atoms with van der Waals surface area (Å²) in [6.45, 7) is 2.74. The first-order chi connectivity index (χ1) is 9.16. The summed E-state index contributed by atoms with van der Waals surface area (Å²) in [5.41, 5.74) is 1.67. The molecular formula is C14H16N2O3. The fourth-order valence-corrected chi connectivity index (χ4v) is 2.64. The first-order valence-corrected chi connectivity index (χ1v) is 6.45. The molecule has 2 unspecified atom stereocenters. The molecule has 1 aliphatic heterocycles. The van der Waals surface area contributed by atoms with Gasteiger partial charge in [0.25, 0.3) is 0 Å². The van der Waals surface area contributed by atoms with Gasteiger partial charge < -0.3 is 14.4 Å². The largest absolute Gasteiger partial charge is 0.480 e. The van der Waals surface area contributed by atoms with E-state index in [1.165, 1.54) is 0 Å². The molecule has 0 saturated carbocycles. The highest BCUT2D eigenvalue weighted by atomic mass is 16.5. The van der Waals surface area contributed by atoms with Crippen LogP contribution >= 0.6 is 0 Å². The summed E-state index contributed by atoms with van der Waals surface area (Å²) < 4.78 is 7.48. The zero-order chi connectivity index (χ0) is 13.4. The second-order valence-electron chi connectivity index (χ2n) is 5.00. The van der Waals surface area contributed by atoms with E-state index in [0.29, 0.717) is 12.5 Å². The topological polar surface area (TPSA) is 64.4 Å². The van der Waals surface area contributed by atoms with Gasteiger partial charge in [-0.05, 0) is 24.5 Å². The fourth-order valence-electron chi connectivity index (χ4n) is 2.64. The normalized spacial score (nSPS) is 23.0. The minimum absolute atomic E-state index is 0.0809. The maximum atomic E-state index is 11.1. The van der Waals surface area contributed by atoms with Gasteiger partial charge in [0.15, 0.2) is 0 Å². The highest BCUT2D eigenvalue weighted by Crippen LogP contribution is 2.35. The zero-order valence-corrected chi connectivity index (χ0v) is 10.7. The molecule has 1 aliphatic rings. The van der Waals surface area contributed by atoms with Crippen LogP contribution in [0.1, 0.15) is 25.3 Å². The summed E-state index contributed by atoms with van der Waals surface area (Å²) in [6.07, 6.45) is 0.882. The Morgan fingerprint density at radius 3 is 3.00 bits per heavy atom. The predicted molar refractivity (Wildman–Crippen MR) is 69.8 cm³/mol. The Morgan fingerprint density at radius 2 is 2.32 bits per heavy atom. The number of carboxylic acid groups (broad SMARTS) is 1. The Bertz CT molecular complexity index is 620. The van der Waals surface area contributed by atoms with Crippen molar-refractivity contribution < 1.29 is 14.6 Å². The first-order valence-electron chi connectivity index (χ1n) is 6.45. The van der Waals surface area contributed by atoms with Gasteiger partial charge in [0, 0.05) is 6.61 Å². The number of aromatic nitrogens is 2. The van der Waals surface area contributed by atoms with E-state index in [1.807, 2.05) is 24.3 Å². The number of fused-ring (bicyclic) bond motifs is 1. The van der Waals surface area contributed by atoms with Gasteiger partial charge in [-0.25, -0.2) is 4.98 Å². The van der Waals surface area contributed by atoms with Crippen LogP contribution in [0.3, 0.4) is 0 Å². The summed E-state index contributed by atoms with van der Waals surface area (Å²) in [5.74, 6) is 0.230. The number of carboxylic acids is 1. The van der Waals surface area contributed by atoms with Crippen LogP contribution in [0.4, 0.5) is 0 Å². The Kier molecular flexibility index (Phi) is 2.98. The number of para-hydroxylation sites is 2. The van der Waals surface area contributed by atoms with Crippen LogP contribution < -0.4 is 0 Å². The van der Waals surface area contributed by atoms with Gasteiger partial charge >= 0.3 is 5.97 Å². The van der Waals surface area contributed by atoms with Crippen molar-refractivity contribution in [1.29, 1.82) is 0 Å². The lowest BCUT2D eigenvalue weighted by Gasteiger charge is -2.15. The lowest BCUT2D eigenvalue weighted by atomic mass is 10.0. The lowest BCUT2D eigenvalue weighted by Crippen LogP contribution is -2.16. The number of aliphatic carboxylic acids is 1. The Labute approximate surface area is 110 Å². The summed E-state index contributed by atoms with van der Waals surface area (Å²) in [4.78, 5) is 15.6. The molecule has 0 radical (unpaired) electrons. The van der Waals surface area contributed by atoms with Crippen LogP contribution in [0.2, 0.25) is 0 Å². The molecule has 0 bridgehead atoms. The van der Waals surface area contributed by atoms with E-state index in [4.69, 9.17) is 9.84 Å². The number of rotatable bonds is 3. The lowest BCUT2D eigenvalue weighted by molar-refractivity contribution is -0.137. The third kappa shape index (κ3) is 2.10. The Balaban J connectivity index is 2.13. The molecule has 1 aromatic heterocycles. The smallest absolute Gasteiger partial charge is 0.323 e. The summed E-state index contributed by atoms with van der Waals surface area (Å²) >= 11 is 0. The Morgan fingerprint density at radius 1 is 1.53 bits per heavy atom. The number of ether oxygens (including phenoxy) is 1. The quantitative estimate of drug-likeness (QED) is 0.919. The van der Waals surface area contributed by atoms with Crippen molar-refractivity contribution in [2.24, 2.45) is 5.92 Å². The number of carbonyl (C=O) groups is 1. The molecule has 5 heteroatoms. The molecule has 0 aliphatic carbocycles. The second-order valence-corrected chi connectivity index (χ2v) is 5.00. The number of imidazole rings is 1. The zero-order valence-electron chi connectivity index (χ0n) is 10.7. The van der Waals surface area contributed by atoms with Gasteiger partial charge in [0.1, 0.15) is 18.5 Å². The van der Waals surface area contributed by atoms with Crippen LogP contribution in [0.25, 0.3) is 11.0 Å².